The number of carbonyl (C=O) groups excluding carboxylic acids is 2. The standard InChI is InChI=1S/C18H36N2O2/c1-3-5-11-15(17(19)21)13-9-7-8-10-14-16(18(20)22)12-6-4-2/h15-16H,3-14H2,1-2H3,(H2,19,21)(H2,20,22). The average molecular weight is 312 g/mol. The fourth-order valence-corrected chi connectivity index (χ4v) is 2.89. The predicted molar refractivity (Wildman–Crippen MR) is 92.1 cm³/mol. The summed E-state index contributed by atoms with van der Waals surface area (Å²) in [6, 6.07) is 0. The number of nitrogens with two attached hydrogens (primary N) is 2. The van der Waals surface area contributed by atoms with Crippen LogP contribution in [0.15, 0.2) is 0 Å². The molecule has 130 valence electrons. The van der Waals surface area contributed by atoms with Crippen molar-refractivity contribution in [3.8, 4) is 0 Å². The molecule has 0 spiro atoms. The van der Waals surface area contributed by atoms with Gasteiger partial charge in [-0.3, -0.25) is 9.59 Å². The van der Waals surface area contributed by atoms with Crippen molar-refractivity contribution in [2.45, 2.75) is 90.9 Å². The zero-order valence-corrected chi connectivity index (χ0v) is 14.6. The van der Waals surface area contributed by atoms with Crippen molar-refractivity contribution in [2.75, 3.05) is 0 Å². The molecule has 0 rings (SSSR count). The SMILES string of the molecule is CCCCC(CCCCCCC(CCCC)C(N)=O)C(N)=O. The molecular formula is C18H36N2O2. The summed E-state index contributed by atoms with van der Waals surface area (Å²) in [5, 5.41) is 0. The molecule has 0 radical (unpaired) electrons. The molecule has 2 amide bonds. The fraction of sp³-hybridized carbons (Fsp3) is 0.889. The van der Waals surface area contributed by atoms with Crippen LogP contribution in [0.5, 0.6) is 0 Å². The Hall–Kier alpha value is -1.06. The number of primary amides is 2. The first-order chi connectivity index (χ1) is 10.5. The molecule has 0 aromatic rings. The monoisotopic (exact) mass is 312 g/mol. The van der Waals surface area contributed by atoms with E-state index >= 15 is 0 Å². The third-order valence-corrected chi connectivity index (χ3v) is 4.47. The first kappa shape index (κ1) is 20.9. The van der Waals surface area contributed by atoms with Gasteiger partial charge in [0.25, 0.3) is 0 Å². The van der Waals surface area contributed by atoms with Gasteiger partial charge in [-0.25, -0.2) is 0 Å². The second kappa shape index (κ2) is 13.6. The molecule has 2 unspecified atom stereocenters. The van der Waals surface area contributed by atoms with Crippen LogP contribution in [0.25, 0.3) is 0 Å². The maximum atomic E-state index is 11.4. The molecule has 0 aliphatic rings. The van der Waals surface area contributed by atoms with E-state index in [1.807, 2.05) is 0 Å². The highest BCUT2D eigenvalue weighted by atomic mass is 16.1. The minimum Gasteiger partial charge on any atom is -0.369 e. The van der Waals surface area contributed by atoms with Crippen LogP contribution in [-0.2, 0) is 9.59 Å². The van der Waals surface area contributed by atoms with Gasteiger partial charge in [-0.05, 0) is 25.7 Å². The summed E-state index contributed by atoms with van der Waals surface area (Å²) in [5.41, 5.74) is 10.9. The zero-order chi connectivity index (χ0) is 16.8. The predicted octanol–water partition coefficient (Wildman–Crippen LogP) is 3.91. The maximum Gasteiger partial charge on any atom is 0.220 e. The van der Waals surface area contributed by atoms with Crippen molar-refractivity contribution >= 4 is 11.8 Å². The van der Waals surface area contributed by atoms with Gasteiger partial charge in [0.2, 0.25) is 11.8 Å². The molecule has 0 bridgehead atoms. The normalized spacial score (nSPS) is 13.7. The lowest BCUT2D eigenvalue weighted by Crippen LogP contribution is -2.23. The van der Waals surface area contributed by atoms with Crippen LogP contribution in [-0.4, -0.2) is 11.8 Å². The van der Waals surface area contributed by atoms with E-state index in [1.165, 1.54) is 0 Å². The Labute approximate surface area is 136 Å². The van der Waals surface area contributed by atoms with Crippen molar-refractivity contribution < 1.29 is 9.59 Å². The molecule has 4 heteroatoms. The molecule has 0 aliphatic carbocycles. The summed E-state index contributed by atoms with van der Waals surface area (Å²) in [4.78, 5) is 22.7. The van der Waals surface area contributed by atoms with Gasteiger partial charge in [-0.2, -0.15) is 0 Å². The Bertz CT molecular complexity index is 275. The molecule has 4 N–H and O–H groups in total. The van der Waals surface area contributed by atoms with E-state index in [0.29, 0.717) is 0 Å². The van der Waals surface area contributed by atoms with Gasteiger partial charge in [0, 0.05) is 11.8 Å². The van der Waals surface area contributed by atoms with Crippen LogP contribution in [0.3, 0.4) is 0 Å². The van der Waals surface area contributed by atoms with Crippen LogP contribution in [0, 0.1) is 11.8 Å². The van der Waals surface area contributed by atoms with Gasteiger partial charge in [0.05, 0.1) is 0 Å². The van der Waals surface area contributed by atoms with E-state index in [4.69, 9.17) is 11.5 Å². The van der Waals surface area contributed by atoms with Gasteiger partial charge in [-0.1, -0.05) is 65.2 Å². The van der Waals surface area contributed by atoms with Crippen molar-refractivity contribution in [2.24, 2.45) is 23.3 Å². The second-order valence-corrected chi connectivity index (χ2v) is 6.47. The van der Waals surface area contributed by atoms with E-state index in [1.54, 1.807) is 0 Å². The highest BCUT2D eigenvalue weighted by molar-refractivity contribution is 5.76. The molecule has 0 aromatic heterocycles. The highest BCUT2D eigenvalue weighted by Crippen LogP contribution is 2.20. The molecule has 0 saturated heterocycles. The Kier molecular flexibility index (Phi) is 12.9. The Balaban J connectivity index is 3.77. The Morgan fingerprint density at radius 3 is 1.23 bits per heavy atom. The minimum atomic E-state index is -0.151. The van der Waals surface area contributed by atoms with Gasteiger partial charge in [-0.15, -0.1) is 0 Å². The van der Waals surface area contributed by atoms with Crippen LogP contribution in [0.1, 0.15) is 90.9 Å². The van der Waals surface area contributed by atoms with E-state index in [2.05, 4.69) is 13.8 Å². The summed E-state index contributed by atoms with van der Waals surface area (Å²) >= 11 is 0. The number of unbranched alkanes of at least 4 members (excludes halogenated alkanes) is 5. The molecule has 0 aliphatic heterocycles. The summed E-state index contributed by atoms with van der Waals surface area (Å²) in [5.74, 6) is -0.214. The summed E-state index contributed by atoms with van der Waals surface area (Å²) in [6.07, 6.45) is 12.3. The quantitative estimate of drug-likeness (QED) is 0.449. The smallest absolute Gasteiger partial charge is 0.220 e. The number of hydrogen-bond acceptors (Lipinski definition) is 2. The average Bonchev–Trinajstić information content (AvgIpc) is 2.47. The minimum absolute atomic E-state index is 0.0443. The van der Waals surface area contributed by atoms with Crippen LogP contribution >= 0.6 is 0 Å². The van der Waals surface area contributed by atoms with Crippen molar-refractivity contribution in [1.29, 1.82) is 0 Å². The third kappa shape index (κ3) is 10.6. The Morgan fingerprint density at radius 2 is 0.955 bits per heavy atom. The van der Waals surface area contributed by atoms with Crippen molar-refractivity contribution in [3.63, 3.8) is 0 Å². The number of carbonyl (C=O) groups is 2. The zero-order valence-electron chi connectivity index (χ0n) is 14.6. The van der Waals surface area contributed by atoms with Crippen LogP contribution in [0.2, 0.25) is 0 Å². The largest absolute Gasteiger partial charge is 0.369 e. The van der Waals surface area contributed by atoms with Crippen LogP contribution in [0.4, 0.5) is 0 Å². The second-order valence-electron chi connectivity index (χ2n) is 6.47. The molecular weight excluding hydrogens is 276 g/mol. The van der Waals surface area contributed by atoms with E-state index in [0.717, 1.165) is 77.0 Å². The summed E-state index contributed by atoms with van der Waals surface area (Å²) in [7, 11) is 0. The number of amides is 2. The van der Waals surface area contributed by atoms with Gasteiger partial charge in [0.15, 0.2) is 0 Å². The summed E-state index contributed by atoms with van der Waals surface area (Å²) < 4.78 is 0. The maximum absolute atomic E-state index is 11.4. The fourth-order valence-electron chi connectivity index (χ4n) is 2.89. The van der Waals surface area contributed by atoms with Crippen molar-refractivity contribution in [3.05, 3.63) is 0 Å². The van der Waals surface area contributed by atoms with Gasteiger partial charge in [0.1, 0.15) is 0 Å². The lowest BCUT2D eigenvalue weighted by molar-refractivity contribution is -0.123. The molecule has 4 nitrogen and oxygen atoms in total. The number of hydrogen-bond donors (Lipinski definition) is 2. The molecule has 0 fully saturated rings. The van der Waals surface area contributed by atoms with E-state index in [-0.39, 0.29) is 23.7 Å². The Morgan fingerprint density at radius 1 is 0.636 bits per heavy atom. The molecule has 22 heavy (non-hydrogen) atoms. The first-order valence-corrected chi connectivity index (χ1v) is 9.11. The molecule has 0 heterocycles. The summed E-state index contributed by atoms with van der Waals surface area (Å²) in [6.45, 7) is 4.26. The lowest BCUT2D eigenvalue weighted by atomic mass is 9.92. The number of rotatable bonds is 15. The third-order valence-electron chi connectivity index (χ3n) is 4.47. The van der Waals surface area contributed by atoms with Crippen LogP contribution < -0.4 is 11.5 Å². The molecule has 2 atom stereocenters. The van der Waals surface area contributed by atoms with E-state index in [9.17, 15) is 9.59 Å². The lowest BCUT2D eigenvalue weighted by Gasteiger charge is -2.14. The topological polar surface area (TPSA) is 86.2 Å². The van der Waals surface area contributed by atoms with Crippen molar-refractivity contribution in [1.82, 2.24) is 0 Å². The molecule has 0 saturated carbocycles. The first-order valence-electron chi connectivity index (χ1n) is 9.11. The molecule has 0 aromatic carbocycles. The van der Waals surface area contributed by atoms with E-state index < -0.39 is 0 Å². The van der Waals surface area contributed by atoms with Gasteiger partial charge < -0.3 is 11.5 Å². The van der Waals surface area contributed by atoms with Gasteiger partial charge >= 0.3 is 0 Å². The highest BCUT2D eigenvalue weighted by Gasteiger charge is 2.15.